The lowest BCUT2D eigenvalue weighted by Gasteiger charge is -2.23. The van der Waals surface area contributed by atoms with Crippen LogP contribution in [-0.2, 0) is 11.2 Å². The van der Waals surface area contributed by atoms with Crippen molar-refractivity contribution in [2.45, 2.75) is 37.8 Å². The minimum atomic E-state index is -0.206. The number of hydrogen-bond donors (Lipinski definition) is 3. The van der Waals surface area contributed by atoms with Crippen LogP contribution in [0.4, 0.5) is 0 Å². The van der Waals surface area contributed by atoms with Crippen LogP contribution in [0.2, 0.25) is 0 Å². The Morgan fingerprint density at radius 2 is 2.05 bits per heavy atom. The molecular formula is C17H24N2O2. The number of aliphatic hydroxyl groups excluding tert-OH is 1. The Labute approximate surface area is 125 Å². The zero-order chi connectivity index (χ0) is 14.7. The Morgan fingerprint density at radius 3 is 2.71 bits per heavy atom. The molecule has 3 rings (SSSR count). The molecule has 1 saturated heterocycles. The van der Waals surface area contributed by atoms with E-state index in [0.29, 0.717) is 12.3 Å². The number of carbonyl (C=O) groups excluding carboxylic acids is 1. The fourth-order valence-electron chi connectivity index (χ4n) is 3.39. The van der Waals surface area contributed by atoms with E-state index in [0.717, 1.165) is 24.4 Å². The fraction of sp³-hybridized carbons (Fsp3) is 0.588. The molecule has 4 nitrogen and oxygen atoms in total. The molecule has 3 N–H and O–H groups in total. The highest BCUT2D eigenvalue weighted by atomic mass is 16.3. The van der Waals surface area contributed by atoms with Gasteiger partial charge in [0.2, 0.25) is 5.91 Å². The highest BCUT2D eigenvalue weighted by Crippen LogP contribution is 2.42. The van der Waals surface area contributed by atoms with E-state index in [1.165, 1.54) is 12.8 Å². The summed E-state index contributed by atoms with van der Waals surface area (Å²) in [7, 11) is 0. The Hall–Kier alpha value is -1.39. The smallest absolute Gasteiger partial charge is 0.237 e. The van der Waals surface area contributed by atoms with Crippen LogP contribution in [0.3, 0.4) is 0 Å². The lowest BCUT2D eigenvalue weighted by Crippen LogP contribution is -2.49. The molecule has 0 bridgehead atoms. The van der Waals surface area contributed by atoms with Crippen LogP contribution >= 0.6 is 0 Å². The van der Waals surface area contributed by atoms with Gasteiger partial charge in [-0.05, 0) is 49.6 Å². The second-order valence-electron chi connectivity index (χ2n) is 6.30. The summed E-state index contributed by atoms with van der Waals surface area (Å²) < 4.78 is 0. The van der Waals surface area contributed by atoms with Gasteiger partial charge in [0.1, 0.15) is 0 Å². The fourth-order valence-corrected chi connectivity index (χ4v) is 3.39. The second-order valence-corrected chi connectivity index (χ2v) is 6.30. The Bertz CT molecular complexity index is 473. The van der Waals surface area contributed by atoms with Crippen molar-refractivity contribution in [1.82, 2.24) is 10.6 Å². The number of aliphatic hydroxyl groups is 1. The average Bonchev–Trinajstić information content (AvgIpc) is 3.24. The van der Waals surface area contributed by atoms with E-state index in [1.807, 2.05) is 30.3 Å². The minimum absolute atomic E-state index is 0.0263. The molecule has 0 radical (unpaired) electrons. The highest BCUT2D eigenvalue weighted by Gasteiger charge is 2.42. The van der Waals surface area contributed by atoms with Gasteiger partial charge in [-0.15, -0.1) is 0 Å². The second kappa shape index (κ2) is 6.58. The topological polar surface area (TPSA) is 61.4 Å². The lowest BCUT2D eigenvalue weighted by atomic mass is 9.94. The van der Waals surface area contributed by atoms with E-state index < -0.39 is 0 Å². The van der Waals surface area contributed by atoms with Gasteiger partial charge in [-0.3, -0.25) is 4.79 Å². The first-order valence-corrected chi connectivity index (χ1v) is 7.96. The Balaban J connectivity index is 1.57. The summed E-state index contributed by atoms with van der Waals surface area (Å²) in [6.07, 6.45) is 4.31. The van der Waals surface area contributed by atoms with Crippen molar-refractivity contribution in [3.8, 4) is 0 Å². The number of carbonyl (C=O) groups is 1. The quantitative estimate of drug-likeness (QED) is 0.734. The zero-order valence-corrected chi connectivity index (χ0v) is 12.3. The van der Waals surface area contributed by atoms with E-state index in [9.17, 15) is 9.90 Å². The standard InChI is InChI=1S/C17H24N2O2/c20-11-14(10-12-4-2-1-3-5-12)19-17(21)16-15(8-9-18-16)13-6-7-13/h1-5,13-16,18,20H,6-11H2,(H,19,21)/t14-,15?,16?/m0/s1. The third-order valence-corrected chi connectivity index (χ3v) is 4.67. The summed E-state index contributed by atoms with van der Waals surface area (Å²) in [6, 6.07) is 9.70. The third-order valence-electron chi connectivity index (χ3n) is 4.67. The molecule has 1 aromatic rings. The van der Waals surface area contributed by atoms with E-state index in [2.05, 4.69) is 10.6 Å². The van der Waals surface area contributed by atoms with Crippen molar-refractivity contribution in [2.75, 3.05) is 13.2 Å². The van der Waals surface area contributed by atoms with Gasteiger partial charge >= 0.3 is 0 Å². The molecule has 2 fully saturated rings. The third kappa shape index (κ3) is 3.63. The van der Waals surface area contributed by atoms with Gasteiger partial charge < -0.3 is 15.7 Å². The maximum Gasteiger partial charge on any atom is 0.237 e. The highest BCUT2D eigenvalue weighted by molar-refractivity contribution is 5.82. The molecule has 3 atom stereocenters. The predicted octanol–water partition coefficient (Wildman–Crippen LogP) is 1.09. The summed E-state index contributed by atoms with van der Waals surface area (Å²) >= 11 is 0. The molecule has 2 unspecified atom stereocenters. The van der Waals surface area contributed by atoms with E-state index in [4.69, 9.17) is 0 Å². The monoisotopic (exact) mass is 288 g/mol. The Morgan fingerprint density at radius 1 is 1.29 bits per heavy atom. The van der Waals surface area contributed by atoms with Crippen molar-refractivity contribution < 1.29 is 9.90 Å². The molecular weight excluding hydrogens is 264 g/mol. The van der Waals surface area contributed by atoms with E-state index in [-0.39, 0.29) is 24.6 Å². The van der Waals surface area contributed by atoms with Crippen molar-refractivity contribution in [3.05, 3.63) is 35.9 Å². The van der Waals surface area contributed by atoms with Crippen molar-refractivity contribution in [1.29, 1.82) is 0 Å². The molecule has 1 aliphatic heterocycles. The van der Waals surface area contributed by atoms with E-state index >= 15 is 0 Å². The SMILES string of the molecule is O=C(N[C@H](CO)Cc1ccccc1)C1NCCC1C1CC1. The van der Waals surface area contributed by atoms with Crippen LogP contribution in [0, 0.1) is 11.8 Å². The molecule has 0 aromatic heterocycles. The minimum Gasteiger partial charge on any atom is -0.394 e. The number of amides is 1. The van der Waals surface area contributed by atoms with Crippen molar-refractivity contribution in [3.63, 3.8) is 0 Å². The van der Waals surface area contributed by atoms with Crippen LogP contribution in [0.1, 0.15) is 24.8 Å². The summed E-state index contributed by atoms with van der Waals surface area (Å²) in [4.78, 5) is 12.5. The Kier molecular flexibility index (Phi) is 4.56. The molecule has 4 heteroatoms. The van der Waals surface area contributed by atoms with E-state index in [1.54, 1.807) is 0 Å². The molecule has 1 saturated carbocycles. The number of benzene rings is 1. The molecule has 1 aliphatic carbocycles. The number of nitrogens with one attached hydrogen (secondary N) is 2. The maximum atomic E-state index is 12.5. The van der Waals surface area contributed by atoms with Crippen molar-refractivity contribution >= 4 is 5.91 Å². The summed E-state index contributed by atoms with van der Waals surface area (Å²) in [5, 5.41) is 15.9. The van der Waals surface area contributed by atoms with Gasteiger partial charge in [0.15, 0.2) is 0 Å². The summed E-state index contributed by atoms with van der Waals surface area (Å²) in [5.74, 6) is 1.28. The maximum absolute atomic E-state index is 12.5. The molecule has 0 spiro atoms. The van der Waals surface area contributed by atoms with Gasteiger partial charge in [0.05, 0.1) is 18.7 Å². The van der Waals surface area contributed by atoms with Crippen LogP contribution < -0.4 is 10.6 Å². The predicted molar refractivity (Wildman–Crippen MR) is 81.8 cm³/mol. The molecule has 21 heavy (non-hydrogen) atoms. The molecule has 114 valence electrons. The number of rotatable bonds is 6. The van der Waals surface area contributed by atoms with Gasteiger partial charge in [-0.2, -0.15) is 0 Å². The van der Waals surface area contributed by atoms with Crippen LogP contribution in [0.15, 0.2) is 30.3 Å². The molecule has 1 aromatic carbocycles. The lowest BCUT2D eigenvalue weighted by molar-refractivity contribution is -0.124. The average molecular weight is 288 g/mol. The van der Waals surface area contributed by atoms with Gasteiger partial charge in [0, 0.05) is 0 Å². The summed E-state index contributed by atoms with van der Waals surface area (Å²) in [6.45, 7) is 0.906. The van der Waals surface area contributed by atoms with Crippen molar-refractivity contribution in [2.24, 2.45) is 11.8 Å². The first kappa shape index (κ1) is 14.5. The van der Waals surface area contributed by atoms with Crippen LogP contribution in [0.25, 0.3) is 0 Å². The first-order valence-electron chi connectivity index (χ1n) is 7.96. The number of hydrogen-bond acceptors (Lipinski definition) is 3. The van der Waals surface area contributed by atoms with Crippen LogP contribution in [-0.4, -0.2) is 36.2 Å². The molecule has 2 aliphatic rings. The van der Waals surface area contributed by atoms with Gasteiger partial charge in [-0.1, -0.05) is 30.3 Å². The summed E-state index contributed by atoms with van der Waals surface area (Å²) in [5.41, 5.74) is 1.13. The largest absolute Gasteiger partial charge is 0.394 e. The normalized spacial score (nSPS) is 26.5. The first-order chi connectivity index (χ1) is 10.3. The molecule has 1 amide bonds. The zero-order valence-electron chi connectivity index (χ0n) is 12.3. The molecule has 1 heterocycles. The van der Waals surface area contributed by atoms with Crippen LogP contribution in [0.5, 0.6) is 0 Å². The van der Waals surface area contributed by atoms with Gasteiger partial charge in [-0.25, -0.2) is 0 Å². The van der Waals surface area contributed by atoms with Gasteiger partial charge in [0.25, 0.3) is 0 Å².